The van der Waals surface area contributed by atoms with Crippen molar-refractivity contribution in [1.82, 2.24) is 0 Å². The first-order valence-corrected chi connectivity index (χ1v) is 7.98. The number of halogens is 1. The average Bonchev–Trinajstić information content (AvgIpc) is 2.36. The molecule has 0 fully saturated rings. The number of hydrogen-bond donors (Lipinski definition) is 1. The molecule has 0 spiro atoms. The zero-order valence-electron chi connectivity index (χ0n) is 11.6. The molecule has 7 nitrogen and oxygen atoms in total. The molecule has 1 N–H and O–H groups in total. The van der Waals surface area contributed by atoms with E-state index < -0.39 is 21.7 Å². The second kappa shape index (κ2) is 8.06. The number of sulfonamides is 1. The fraction of sp³-hybridized carbons (Fsp3) is 0.417. The van der Waals surface area contributed by atoms with Crippen molar-refractivity contribution in [2.24, 2.45) is 0 Å². The first kappa shape index (κ1) is 17.5. The lowest BCUT2D eigenvalue weighted by Crippen LogP contribution is -2.24. The Hall–Kier alpha value is -1.51. The Morgan fingerprint density at radius 3 is 2.67 bits per heavy atom. The Morgan fingerprint density at radius 1 is 1.38 bits per heavy atom. The summed E-state index contributed by atoms with van der Waals surface area (Å²) in [5.41, 5.74) is 0.217. The van der Waals surface area contributed by atoms with Crippen LogP contribution < -0.4 is 9.46 Å². The van der Waals surface area contributed by atoms with Crippen LogP contribution >= 0.6 is 11.6 Å². The van der Waals surface area contributed by atoms with Crippen molar-refractivity contribution in [1.29, 1.82) is 0 Å². The van der Waals surface area contributed by atoms with Crippen molar-refractivity contribution >= 4 is 33.3 Å². The van der Waals surface area contributed by atoms with E-state index in [1.807, 2.05) is 0 Å². The molecule has 0 heterocycles. The minimum Gasteiger partial charge on any atom is -0.466 e. The normalized spacial score (nSPS) is 11.0. The summed E-state index contributed by atoms with van der Waals surface area (Å²) in [5, 5.41) is 0.211. The predicted octanol–water partition coefficient (Wildman–Crippen LogP) is 1.63. The van der Waals surface area contributed by atoms with Crippen LogP contribution in [0.1, 0.15) is 6.92 Å². The average molecular weight is 338 g/mol. The van der Waals surface area contributed by atoms with Gasteiger partial charge in [0.15, 0.2) is 12.5 Å². The zero-order chi connectivity index (χ0) is 15.9. The van der Waals surface area contributed by atoms with Gasteiger partial charge in [0, 0.05) is 7.11 Å². The van der Waals surface area contributed by atoms with Gasteiger partial charge in [0.2, 0.25) is 10.0 Å². The van der Waals surface area contributed by atoms with E-state index in [9.17, 15) is 13.2 Å². The van der Waals surface area contributed by atoms with Gasteiger partial charge in [-0.05, 0) is 25.1 Å². The Balaban J connectivity index is 2.74. The number of carbonyl (C=O) groups excluding carboxylic acids is 1. The van der Waals surface area contributed by atoms with Gasteiger partial charge in [-0.1, -0.05) is 11.6 Å². The Labute approximate surface area is 128 Å². The lowest BCUT2D eigenvalue weighted by molar-refractivity contribution is -0.139. The van der Waals surface area contributed by atoms with E-state index in [4.69, 9.17) is 21.1 Å². The third-order valence-electron chi connectivity index (χ3n) is 2.15. The number of carbonyl (C=O) groups is 1. The molecule has 0 aliphatic rings. The smallest absolute Gasteiger partial charge is 0.323 e. The van der Waals surface area contributed by atoms with Gasteiger partial charge in [0.25, 0.3) is 0 Å². The van der Waals surface area contributed by atoms with Crippen LogP contribution in [0.15, 0.2) is 18.2 Å². The van der Waals surface area contributed by atoms with E-state index >= 15 is 0 Å². The highest BCUT2D eigenvalue weighted by molar-refractivity contribution is 7.93. The van der Waals surface area contributed by atoms with Gasteiger partial charge in [-0.15, -0.1) is 0 Å². The molecule has 0 saturated carbocycles. The van der Waals surface area contributed by atoms with Gasteiger partial charge in [-0.25, -0.2) is 8.42 Å². The summed E-state index contributed by atoms with van der Waals surface area (Å²) in [6.45, 7) is 1.73. The monoisotopic (exact) mass is 337 g/mol. The van der Waals surface area contributed by atoms with E-state index in [1.54, 1.807) is 6.92 Å². The Kier molecular flexibility index (Phi) is 6.73. The first-order chi connectivity index (χ1) is 9.88. The maximum Gasteiger partial charge on any atom is 0.323 e. The highest BCUT2D eigenvalue weighted by Crippen LogP contribution is 2.28. The maximum absolute atomic E-state index is 11.7. The van der Waals surface area contributed by atoms with Crippen LogP contribution in [0.4, 0.5) is 5.69 Å². The van der Waals surface area contributed by atoms with Crippen molar-refractivity contribution in [3.8, 4) is 5.75 Å². The zero-order valence-corrected chi connectivity index (χ0v) is 13.2. The van der Waals surface area contributed by atoms with Crippen molar-refractivity contribution in [3.05, 3.63) is 23.2 Å². The molecular weight excluding hydrogens is 322 g/mol. The lowest BCUT2D eigenvalue weighted by Gasteiger charge is -2.10. The Morgan fingerprint density at radius 2 is 2.10 bits per heavy atom. The number of rotatable bonds is 8. The van der Waals surface area contributed by atoms with E-state index in [0.29, 0.717) is 5.75 Å². The molecular formula is C12H16ClNO6S. The van der Waals surface area contributed by atoms with Crippen molar-refractivity contribution in [2.45, 2.75) is 6.92 Å². The van der Waals surface area contributed by atoms with Crippen LogP contribution in [-0.4, -0.2) is 40.6 Å². The molecule has 1 aromatic carbocycles. The van der Waals surface area contributed by atoms with Crippen LogP contribution in [-0.2, 0) is 24.3 Å². The molecule has 0 amide bonds. The standard InChI is InChI=1S/C12H16ClNO6S/c1-3-19-12(15)7-21(16,17)14-9-4-5-11(10(13)6-9)20-8-18-2/h4-6,14H,3,7-8H2,1-2H3. The third kappa shape index (κ3) is 6.19. The Bertz CT molecular complexity index is 589. The molecule has 0 aliphatic heterocycles. The van der Waals surface area contributed by atoms with Gasteiger partial charge in [-0.2, -0.15) is 0 Å². The van der Waals surface area contributed by atoms with Gasteiger partial charge >= 0.3 is 5.97 Å². The molecule has 1 rings (SSSR count). The van der Waals surface area contributed by atoms with E-state index in [2.05, 4.69) is 9.46 Å². The number of anilines is 1. The minimum absolute atomic E-state index is 0.0215. The summed E-state index contributed by atoms with van der Waals surface area (Å²) < 4.78 is 40.2. The first-order valence-electron chi connectivity index (χ1n) is 5.95. The minimum atomic E-state index is -3.85. The van der Waals surface area contributed by atoms with Crippen LogP contribution in [0.3, 0.4) is 0 Å². The number of methoxy groups -OCH3 is 1. The van der Waals surface area contributed by atoms with Gasteiger partial charge in [0.1, 0.15) is 5.75 Å². The fourth-order valence-electron chi connectivity index (χ4n) is 1.38. The molecule has 9 heteroatoms. The van der Waals surface area contributed by atoms with Gasteiger partial charge in [-0.3, -0.25) is 9.52 Å². The van der Waals surface area contributed by atoms with Crippen LogP contribution in [0.5, 0.6) is 5.75 Å². The topological polar surface area (TPSA) is 90.9 Å². The third-order valence-corrected chi connectivity index (χ3v) is 3.61. The molecule has 21 heavy (non-hydrogen) atoms. The fourth-order valence-corrected chi connectivity index (χ4v) is 2.56. The summed E-state index contributed by atoms with van der Waals surface area (Å²) in [5.74, 6) is -1.23. The lowest BCUT2D eigenvalue weighted by atomic mass is 10.3. The molecule has 0 unspecified atom stereocenters. The van der Waals surface area contributed by atoms with Crippen LogP contribution in [0.2, 0.25) is 5.02 Å². The van der Waals surface area contributed by atoms with Crippen molar-refractivity contribution in [3.63, 3.8) is 0 Å². The summed E-state index contributed by atoms with van der Waals surface area (Å²) in [4.78, 5) is 11.2. The largest absolute Gasteiger partial charge is 0.466 e. The van der Waals surface area contributed by atoms with Crippen LogP contribution in [0, 0.1) is 0 Å². The predicted molar refractivity (Wildman–Crippen MR) is 78.0 cm³/mol. The highest BCUT2D eigenvalue weighted by atomic mass is 35.5. The second-order valence-electron chi connectivity index (χ2n) is 3.86. The summed E-state index contributed by atoms with van der Waals surface area (Å²) in [7, 11) is -2.39. The molecule has 0 saturated heterocycles. The summed E-state index contributed by atoms with van der Waals surface area (Å²) >= 11 is 5.94. The van der Waals surface area contributed by atoms with E-state index in [1.165, 1.54) is 25.3 Å². The highest BCUT2D eigenvalue weighted by Gasteiger charge is 2.18. The second-order valence-corrected chi connectivity index (χ2v) is 5.99. The summed E-state index contributed by atoms with van der Waals surface area (Å²) in [6.07, 6.45) is 0. The maximum atomic E-state index is 11.7. The number of esters is 1. The molecule has 0 radical (unpaired) electrons. The van der Waals surface area contributed by atoms with E-state index in [-0.39, 0.29) is 24.1 Å². The van der Waals surface area contributed by atoms with Gasteiger partial charge in [0.05, 0.1) is 17.3 Å². The number of hydrogen-bond acceptors (Lipinski definition) is 6. The molecule has 0 aromatic heterocycles. The molecule has 0 aliphatic carbocycles. The quantitative estimate of drug-likeness (QED) is 0.572. The van der Waals surface area contributed by atoms with E-state index in [0.717, 1.165) is 0 Å². The molecule has 118 valence electrons. The molecule has 0 atom stereocenters. The molecule has 0 bridgehead atoms. The van der Waals surface area contributed by atoms with Crippen LogP contribution in [0.25, 0.3) is 0 Å². The SMILES string of the molecule is CCOC(=O)CS(=O)(=O)Nc1ccc(OCOC)c(Cl)c1. The number of benzene rings is 1. The van der Waals surface area contributed by atoms with Crippen molar-refractivity contribution < 1.29 is 27.4 Å². The van der Waals surface area contributed by atoms with Crippen molar-refractivity contribution in [2.75, 3.05) is 31.0 Å². The summed E-state index contributed by atoms with van der Waals surface area (Å²) in [6, 6.07) is 4.32. The molecule has 1 aromatic rings. The number of ether oxygens (including phenoxy) is 3. The number of nitrogens with one attached hydrogen (secondary N) is 1. The van der Waals surface area contributed by atoms with Gasteiger partial charge < -0.3 is 14.2 Å².